The Labute approximate surface area is 191 Å². The predicted molar refractivity (Wildman–Crippen MR) is 122 cm³/mol. The van der Waals surface area contributed by atoms with E-state index in [1.54, 1.807) is 13.2 Å². The van der Waals surface area contributed by atoms with Gasteiger partial charge in [0.05, 0.1) is 7.11 Å². The van der Waals surface area contributed by atoms with E-state index in [9.17, 15) is 4.39 Å². The number of nitrogens with zero attached hydrogens (tertiary/aromatic N) is 4. The third kappa shape index (κ3) is 5.26. The van der Waals surface area contributed by atoms with Crippen molar-refractivity contribution in [2.75, 3.05) is 25.1 Å². The summed E-state index contributed by atoms with van der Waals surface area (Å²) < 4.78 is 24.9. The lowest BCUT2D eigenvalue weighted by Crippen LogP contribution is -2.36. The standard InChI is InChI=1S/C23H25ClFN5O2/c1-31-18-7-5-15(6-8-18)14-32-23-20(24)22(30-11-3-2-4-17(26)13-30)28-21(29-23)16-9-10-27-19(25)12-16/h5-10,12,17H,2-4,11,13-14,26H2,1H3/t17-/m1/s1. The first-order valence-electron chi connectivity index (χ1n) is 10.5. The van der Waals surface area contributed by atoms with E-state index in [0.717, 1.165) is 37.1 Å². The second kappa shape index (κ2) is 10.1. The molecule has 0 radical (unpaired) electrons. The van der Waals surface area contributed by atoms with Crippen molar-refractivity contribution in [2.45, 2.75) is 31.9 Å². The maximum Gasteiger partial charge on any atom is 0.238 e. The summed E-state index contributed by atoms with van der Waals surface area (Å²) in [7, 11) is 1.62. The van der Waals surface area contributed by atoms with Crippen molar-refractivity contribution in [3.05, 3.63) is 59.1 Å². The summed E-state index contributed by atoms with van der Waals surface area (Å²) in [6.07, 6.45) is 4.35. The summed E-state index contributed by atoms with van der Waals surface area (Å²) in [5, 5.41) is 0.311. The number of hydrogen-bond donors (Lipinski definition) is 1. The second-order valence-corrected chi connectivity index (χ2v) is 8.07. The van der Waals surface area contributed by atoms with Crippen LogP contribution in [0.15, 0.2) is 42.6 Å². The highest BCUT2D eigenvalue weighted by Crippen LogP contribution is 2.35. The average molecular weight is 458 g/mol. The summed E-state index contributed by atoms with van der Waals surface area (Å²) in [5.41, 5.74) is 7.67. The van der Waals surface area contributed by atoms with Crippen LogP contribution in [-0.4, -0.2) is 41.2 Å². The highest BCUT2D eigenvalue weighted by molar-refractivity contribution is 6.34. The fourth-order valence-corrected chi connectivity index (χ4v) is 3.89. The fraction of sp³-hybridized carbons (Fsp3) is 0.348. The van der Waals surface area contributed by atoms with Crippen LogP contribution in [0.2, 0.25) is 5.02 Å². The Bertz CT molecular complexity index is 1070. The number of anilines is 1. The van der Waals surface area contributed by atoms with Gasteiger partial charge in [0.1, 0.15) is 17.4 Å². The van der Waals surface area contributed by atoms with Gasteiger partial charge in [-0.05, 0) is 36.6 Å². The highest BCUT2D eigenvalue weighted by atomic mass is 35.5. The molecular weight excluding hydrogens is 433 g/mol. The van der Waals surface area contributed by atoms with Crippen LogP contribution in [0.3, 0.4) is 0 Å². The minimum atomic E-state index is -0.611. The van der Waals surface area contributed by atoms with Crippen molar-refractivity contribution in [3.63, 3.8) is 0 Å². The SMILES string of the molecule is COc1ccc(COc2nc(-c3ccnc(F)c3)nc(N3CCCC[C@@H](N)C3)c2Cl)cc1. The first-order valence-corrected chi connectivity index (χ1v) is 10.9. The van der Waals surface area contributed by atoms with Gasteiger partial charge < -0.3 is 20.1 Å². The molecular formula is C23H25ClFN5O2. The Kier molecular flexibility index (Phi) is 7.02. The number of rotatable bonds is 6. The molecule has 0 saturated carbocycles. The topological polar surface area (TPSA) is 86.4 Å². The minimum Gasteiger partial charge on any atom is -0.497 e. The first kappa shape index (κ1) is 22.2. The molecule has 1 atom stereocenters. The molecule has 0 spiro atoms. The number of hydrogen-bond acceptors (Lipinski definition) is 7. The van der Waals surface area contributed by atoms with Crippen LogP contribution in [-0.2, 0) is 6.61 Å². The highest BCUT2D eigenvalue weighted by Gasteiger charge is 2.23. The third-order valence-electron chi connectivity index (χ3n) is 5.33. The molecule has 1 aliphatic heterocycles. The Hall–Kier alpha value is -2.97. The molecule has 1 fully saturated rings. The Morgan fingerprint density at radius 1 is 1.19 bits per heavy atom. The number of halogens is 2. The Morgan fingerprint density at radius 2 is 2.00 bits per heavy atom. The molecule has 7 nitrogen and oxygen atoms in total. The smallest absolute Gasteiger partial charge is 0.238 e. The van der Waals surface area contributed by atoms with E-state index >= 15 is 0 Å². The molecule has 1 aliphatic rings. The normalized spacial score (nSPS) is 16.5. The number of aromatic nitrogens is 3. The van der Waals surface area contributed by atoms with Crippen LogP contribution in [0, 0.1) is 5.95 Å². The van der Waals surface area contributed by atoms with Gasteiger partial charge in [-0.2, -0.15) is 9.37 Å². The Morgan fingerprint density at radius 3 is 2.75 bits per heavy atom. The van der Waals surface area contributed by atoms with Crippen molar-refractivity contribution >= 4 is 17.4 Å². The van der Waals surface area contributed by atoms with E-state index in [1.807, 2.05) is 24.3 Å². The second-order valence-electron chi connectivity index (χ2n) is 7.70. The lowest BCUT2D eigenvalue weighted by Gasteiger charge is -2.25. The molecule has 1 saturated heterocycles. The van der Waals surface area contributed by atoms with Gasteiger partial charge in [0.2, 0.25) is 11.8 Å². The molecule has 4 rings (SSSR count). The molecule has 0 aliphatic carbocycles. The number of methoxy groups -OCH3 is 1. The molecule has 2 N–H and O–H groups in total. The summed E-state index contributed by atoms with van der Waals surface area (Å²) in [6, 6.07) is 10.5. The quantitative estimate of drug-likeness (QED) is 0.554. The van der Waals surface area contributed by atoms with Crippen molar-refractivity contribution in [2.24, 2.45) is 5.73 Å². The van der Waals surface area contributed by atoms with Gasteiger partial charge in [-0.15, -0.1) is 0 Å². The lowest BCUT2D eigenvalue weighted by molar-refractivity contribution is 0.293. The van der Waals surface area contributed by atoms with Gasteiger partial charge in [-0.3, -0.25) is 0 Å². The maximum atomic E-state index is 13.8. The minimum absolute atomic E-state index is 0.0222. The van der Waals surface area contributed by atoms with Crippen molar-refractivity contribution in [1.82, 2.24) is 15.0 Å². The Balaban J connectivity index is 1.69. The van der Waals surface area contributed by atoms with Gasteiger partial charge in [0, 0.05) is 37.0 Å². The van der Waals surface area contributed by atoms with E-state index in [1.165, 1.54) is 12.3 Å². The number of ether oxygens (including phenoxy) is 2. The number of nitrogens with two attached hydrogens (primary N) is 1. The zero-order valence-electron chi connectivity index (χ0n) is 17.8. The molecule has 0 amide bonds. The number of benzene rings is 1. The van der Waals surface area contributed by atoms with Gasteiger partial charge in [-0.25, -0.2) is 9.97 Å². The van der Waals surface area contributed by atoms with E-state index in [0.29, 0.717) is 28.8 Å². The van der Waals surface area contributed by atoms with E-state index in [2.05, 4.69) is 19.9 Å². The lowest BCUT2D eigenvalue weighted by atomic mass is 10.2. The van der Waals surface area contributed by atoms with Crippen LogP contribution in [0.25, 0.3) is 11.4 Å². The zero-order chi connectivity index (χ0) is 22.5. The van der Waals surface area contributed by atoms with E-state index in [4.69, 9.17) is 26.8 Å². The zero-order valence-corrected chi connectivity index (χ0v) is 18.6. The van der Waals surface area contributed by atoms with Crippen LogP contribution in [0.5, 0.6) is 11.6 Å². The van der Waals surface area contributed by atoms with E-state index < -0.39 is 5.95 Å². The van der Waals surface area contributed by atoms with Gasteiger partial charge in [-0.1, -0.05) is 30.2 Å². The van der Waals surface area contributed by atoms with Crippen LogP contribution in [0.1, 0.15) is 24.8 Å². The van der Waals surface area contributed by atoms with Gasteiger partial charge in [0.15, 0.2) is 11.6 Å². The summed E-state index contributed by atoms with van der Waals surface area (Å²) in [5.74, 6) is 1.23. The molecule has 1 aromatic carbocycles. The van der Waals surface area contributed by atoms with Crippen LogP contribution < -0.4 is 20.1 Å². The molecule has 168 valence electrons. The molecule has 0 unspecified atom stereocenters. The summed E-state index contributed by atoms with van der Waals surface area (Å²) >= 11 is 6.71. The third-order valence-corrected chi connectivity index (χ3v) is 5.66. The van der Waals surface area contributed by atoms with Gasteiger partial charge >= 0.3 is 0 Å². The van der Waals surface area contributed by atoms with Crippen LogP contribution in [0.4, 0.5) is 10.2 Å². The van der Waals surface area contributed by atoms with E-state index in [-0.39, 0.29) is 18.5 Å². The molecule has 0 bridgehead atoms. The summed E-state index contributed by atoms with van der Waals surface area (Å²) in [4.78, 5) is 14.8. The predicted octanol–water partition coefficient (Wildman–Crippen LogP) is 4.24. The molecule has 3 heterocycles. The first-order chi connectivity index (χ1) is 15.5. The van der Waals surface area contributed by atoms with Crippen molar-refractivity contribution in [3.8, 4) is 23.0 Å². The van der Waals surface area contributed by atoms with Crippen LogP contribution >= 0.6 is 11.6 Å². The van der Waals surface area contributed by atoms with Crippen molar-refractivity contribution in [1.29, 1.82) is 0 Å². The largest absolute Gasteiger partial charge is 0.497 e. The molecule has 9 heteroatoms. The summed E-state index contributed by atoms with van der Waals surface area (Å²) in [6.45, 7) is 1.65. The van der Waals surface area contributed by atoms with Crippen molar-refractivity contribution < 1.29 is 13.9 Å². The van der Waals surface area contributed by atoms with Gasteiger partial charge in [0.25, 0.3) is 0 Å². The monoisotopic (exact) mass is 457 g/mol. The maximum absolute atomic E-state index is 13.8. The molecule has 3 aromatic rings. The number of pyridine rings is 1. The average Bonchev–Trinajstić information content (AvgIpc) is 3.03. The molecule has 32 heavy (non-hydrogen) atoms. The molecule has 2 aromatic heterocycles. The fourth-order valence-electron chi connectivity index (χ4n) is 3.63.